The predicted octanol–water partition coefficient (Wildman–Crippen LogP) is 2.68. The second-order valence-electron chi connectivity index (χ2n) is 6.78. The van der Waals surface area contributed by atoms with Crippen molar-refractivity contribution in [2.75, 3.05) is 19.0 Å². The van der Waals surface area contributed by atoms with Gasteiger partial charge >= 0.3 is 6.03 Å². The molecule has 0 radical (unpaired) electrons. The number of methoxy groups -OCH3 is 1. The number of hydrogen-bond donors (Lipinski definition) is 2. The van der Waals surface area contributed by atoms with Gasteiger partial charge in [0.25, 0.3) is 5.91 Å². The van der Waals surface area contributed by atoms with E-state index < -0.39 is 29.9 Å². The molecule has 0 bridgehead atoms. The second-order valence-corrected chi connectivity index (χ2v) is 7.21. The standard InChI is InChI=1S/C20H18ClN3O4/c1-28-16-7-6-13(21)10-15(16)22-17(25)11-24-18(26)20(23-19(24)27)9-8-12-4-2-3-5-14(12)20/h2-7,10H,8-9,11H2,1H3,(H,22,25)(H,23,27)/t20-/m1/s1. The maximum atomic E-state index is 13.1. The molecule has 1 saturated heterocycles. The van der Waals surface area contributed by atoms with E-state index in [1.165, 1.54) is 7.11 Å². The van der Waals surface area contributed by atoms with Gasteiger partial charge < -0.3 is 15.4 Å². The van der Waals surface area contributed by atoms with Gasteiger partial charge in [0.15, 0.2) is 0 Å². The Bertz CT molecular complexity index is 993. The Balaban J connectivity index is 1.53. The first-order valence-electron chi connectivity index (χ1n) is 8.80. The number of nitrogens with zero attached hydrogens (tertiary/aromatic N) is 1. The van der Waals surface area contributed by atoms with Gasteiger partial charge in [-0.25, -0.2) is 4.79 Å². The smallest absolute Gasteiger partial charge is 0.325 e. The van der Waals surface area contributed by atoms with E-state index >= 15 is 0 Å². The lowest BCUT2D eigenvalue weighted by Gasteiger charge is -2.22. The van der Waals surface area contributed by atoms with Crippen molar-refractivity contribution in [1.29, 1.82) is 0 Å². The zero-order chi connectivity index (χ0) is 19.9. The quantitative estimate of drug-likeness (QED) is 0.774. The normalized spacial score (nSPS) is 20.3. The molecule has 1 heterocycles. The molecule has 4 rings (SSSR count). The number of imide groups is 1. The lowest BCUT2D eigenvalue weighted by atomic mass is 9.92. The highest BCUT2D eigenvalue weighted by Crippen LogP contribution is 2.41. The average molecular weight is 400 g/mol. The number of carbonyl (C=O) groups excluding carboxylic acids is 3. The molecule has 7 nitrogen and oxygen atoms in total. The van der Waals surface area contributed by atoms with Crippen LogP contribution in [0.3, 0.4) is 0 Å². The van der Waals surface area contributed by atoms with Crippen molar-refractivity contribution < 1.29 is 19.1 Å². The molecule has 0 saturated carbocycles. The molecule has 8 heteroatoms. The summed E-state index contributed by atoms with van der Waals surface area (Å²) in [5.41, 5.74) is 1.12. The van der Waals surface area contributed by atoms with E-state index in [-0.39, 0.29) is 0 Å². The molecule has 0 unspecified atom stereocenters. The maximum absolute atomic E-state index is 13.1. The molecular formula is C20H18ClN3O4. The van der Waals surface area contributed by atoms with Crippen LogP contribution in [-0.2, 0) is 21.5 Å². The number of ether oxygens (including phenoxy) is 1. The highest BCUT2D eigenvalue weighted by molar-refractivity contribution is 6.31. The summed E-state index contributed by atoms with van der Waals surface area (Å²) in [5.74, 6) is -0.501. The minimum atomic E-state index is -1.08. The summed E-state index contributed by atoms with van der Waals surface area (Å²) in [7, 11) is 1.47. The van der Waals surface area contributed by atoms with Crippen LogP contribution in [0.4, 0.5) is 10.5 Å². The van der Waals surface area contributed by atoms with E-state index in [0.29, 0.717) is 29.3 Å². The summed E-state index contributed by atoms with van der Waals surface area (Å²) in [6, 6.07) is 11.8. The molecule has 1 spiro atoms. The third-order valence-corrected chi connectivity index (χ3v) is 5.39. The average Bonchev–Trinajstić information content (AvgIpc) is 3.16. The van der Waals surface area contributed by atoms with Crippen molar-refractivity contribution in [3.05, 3.63) is 58.6 Å². The predicted molar refractivity (Wildman–Crippen MR) is 103 cm³/mol. The fraction of sp³-hybridized carbons (Fsp3) is 0.250. The van der Waals surface area contributed by atoms with E-state index in [1.807, 2.05) is 24.3 Å². The Labute approximate surface area is 166 Å². The third kappa shape index (κ3) is 2.88. The Morgan fingerprint density at radius 2 is 2.07 bits per heavy atom. The Hall–Kier alpha value is -3.06. The van der Waals surface area contributed by atoms with Gasteiger partial charge in [-0.05, 0) is 42.2 Å². The van der Waals surface area contributed by atoms with Crippen molar-refractivity contribution in [2.24, 2.45) is 0 Å². The van der Waals surface area contributed by atoms with Gasteiger partial charge in [-0.15, -0.1) is 0 Å². The fourth-order valence-electron chi connectivity index (χ4n) is 3.84. The number of halogens is 1. The first-order valence-corrected chi connectivity index (χ1v) is 9.18. The molecule has 2 aromatic rings. The Morgan fingerprint density at radius 3 is 2.86 bits per heavy atom. The summed E-state index contributed by atoms with van der Waals surface area (Å²) >= 11 is 5.97. The molecule has 0 aromatic heterocycles. The number of fused-ring (bicyclic) bond motifs is 2. The first kappa shape index (κ1) is 18.3. The van der Waals surface area contributed by atoms with Crippen LogP contribution in [0.1, 0.15) is 17.5 Å². The molecule has 1 aliphatic heterocycles. The van der Waals surface area contributed by atoms with Crippen LogP contribution in [0.25, 0.3) is 0 Å². The summed E-state index contributed by atoms with van der Waals surface area (Å²) in [4.78, 5) is 39.0. The van der Waals surface area contributed by atoms with Gasteiger partial charge in [0.05, 0.1) is 12.8 Å². The van der Waals surface area contributed by atoms with Crippen LogP contribution < -0.4 is 15.4 Å². The minimum Gasteiger partial charge on any atom is -0.495 e. The van der Waals surface area contributed by atoms with Crippen molar-refractivity contribution in [1.82, 2.24) is 10.2 Å². The number of urea groups is 1. The van der Waals surface area contributed by atoms with E-state index in [0.717, 1.165) is 16.0 Å². The Morgan fingerprint density at radius 1 is 1.29 bits per heavy atom. The molecule has 144 valence electrons. The topological polar surface area (TPSA) is 87.7 Å². The SMILES string of the molecule is COc1ccc(Cl)cc1NC(=O)CN1C(=O)N[C@@]2(CCc3ccccc32)C1=O. The lowest BCUT2D eigenvalue weighted by Crippen LogP contribution is -2.43. The number of amides is 4. The van der Waals surface area contributed by atoms with Gasteiger partial charge in [-0.2, -0.15) is 0 Å². The molecule has 28 heavy (non-hydrogen) atoms. The number of nitrogens with one attached hydrogen (secondary N) is 2. The molecule has 4 amide bonds. The zero-order valence-corrected chi connectivity index (χ0v) is 15.9. The van der Waals surface area contributed by atoms with Gasteiger partial charge in [0.1, 0.15) is 17.8 Å². The van der Waals surface area contributed by atoms with E-state index in [9.17, 15) is 14.4 Å². The first-order chi connectivity index (χ1) is 13.4. The van der Waals surface area contributed by atoms with Crippen LogP contribution in [0.5, 0.6) is 5.75 Å². The number of anilines is 1. The fourth-order valence-corrected chi connectivity index (χ4v) is 4.02. The highest BCUT2D eigenvalue weighted by atomic mass is 35.5. The van der Waals surface area contributed by atoms with Gasteiger partial charge in [0, 0.05) is 5.02 Å². The van der Waals surface area contributed by atoms with Gasteiger partial charge in [-0.1, -0.05) is 35.9 Å². The van der Waals surface area contributed by atoms with Crippen LogP contribution in [0.2, 0.25) is 5.02 Å². The molecule has 1 atom stereocenters. The maximum Gasteiger partial charge on any atom is 0.325 e. The molecule has 2 N–H and O–H groups in total. The van der Waals surface area contributed by atoms with Crippen molar-refractivity contribution in [3.63, 3.8) is 0 Å². The number of benzene rings is 2. The molecule has 2 aromatic carbocycles. The van der Waals surface area contributed by atoms with Crippen LogP contribution >= 0.6 is 11.6 Å². The Kier molecular flexibility index (Phi) is 4.47. The zero-order valence-electron chi connectivity index (χ0n) is 15.1. The van der Waals surface area contributed by atoms with E-state index in [2.05, 4.69) is 10.6 Å². The highest BCUT2D eigenvalue weighted by Gasteiger charge is 2.55. The molecular weight excluding hydrogens is 382 g/mol. The lowest BCUT2D eigenvalue weighted by molar-refractivity contribution is -0.134. The van der Waals surface area contributed by atoms with E-state index in [1.54, 1.807) is 18.2 Å². The summed E-state index contributed by atoms with van der Waals surface area (Å²) in [5, 5.41) is 5.87. The number of hydrogen-bond acceptors (Lipinski definition) is 4. The molecule has 2 aliphatic rings. The van der Waals surface area contributed by atoms with Crippen molar-refractivity contribution in [2.45, 2.75) is 18.4 Å². The second kappa shape index (κ2) is 6.83. The third-order valence-electron chi connectivity index (χ3n) is 5.16. The molecule has 1 fully saturated rings. The minimum absolute atomic E-state index is 0.368. The van der Waals surface area contributed by atoms with Gasteiger partial charge in [-0.3, -0.25) is 14.5 Å². The summed E-state index contributed by atoms with van der Waals surface area (Å²) in [6.07, 6.45) is 1.18. The van der Waals surface area contributed by atoms with Crippen LogP contribution in [0, 0.1) is 0 Å². The summed E-state index contributed by atoms with van der Waals surface area (Å²) < 4.78 is 5.20. The monoisotopic (exact) mass is 399 g/mol. The van der Waals surface area contributed by atoms with Crippen molar-refractivity contribution in [3.8, 4) is 5.75 Å². The number of aryl methyl sites for hydroxylation is 1. The van der Waals surface area contributed by atoms with E-state index in [4.69, 9.17) is 16.3 Å². The number of rotatable bonds is 4. The van der Waals surface area contributed by atoms with Crippen LogP contribution in [0.15, 0.2) is 42.5 Å². The van der Waals surface area contributed by atoms with Gasteiger partial charge in [0.2, 0.25) is 5.91 Å². The largest absolute Gasteiger partial charge is 0.495 e. The number of carbonyl (C=O) groups is 3. The molecule has 1 aliphatic carbocycles. The van der Waals surface area contributed by atoms with Crippen LogP contribution in [-0.4, -0.2) is 36.4 Å². The van der Waals surface area contributed by atoms with Crippen molar-refractivity contribution >= 4 is 35.1 Å². The summed E-state index contributed by atoms with van der Waals surface area (Å²) in [6.45, 7) is -0.399.